The molecule has 3 nitrogen and oxygen atoms in total. The maximum absolute atomic E-state index is 10.7. The highest BCUT2D eigenvalue weighted by Crippen LogP contribution is 2.27. The van der Waals surface area contributed by atoms with Crippen LogP contribution in [0.3, 0.4) is 0 Å². The minimum Gasteiger partial charge on any atom is -0.493 e. The Labute approximate surface area is 118 Å². The van der Waals surface area contributed by atoms with Crippen LogP contribution in [0.4, 0.5) is 0 Å². The van der Waals surface area contributed by atoms with Gasteiger partial charge in [0.1, 0.15) is 12.9 Å². The van der Waals surface area contributed by atoms with E-state index in [1.807, 2.05) is 42.5 Å². The summed E-state index contributed by atoms with van der Waals surface area (Å²) in [6, 6.07) is 15.1. The third-order valence-corrected chi connectivity index (χ3v) is 2.77. The van der Waals surface area contributed by atoms with Crippen LogP contribution in [0.15, 0.2) is 54.6 Å². The molecule has 0 aliphatic carbocycles. The van der Waals surface area contributed by atoms with Gasteiger partial charge in [0.2, 0.25) is 0 Å². The van der Waals surface area contributed by atoms with E-state index >= 15 is 0 Å². The summed E-state index contributed by atoms with van der Waals surface area (Å²) in [7, 11) is 1.55. The van der Waals surface area contributed by atoms with Crippen molar-refractivity contribution in [3.05, 3.63) is 65.7 Å². The van der Waals surface area contributed by atoms with Crippen molar-refractivity contribution in [2.75, 3.05) is 13.7 Å². The lowest BCUT2D eigenvalue weighted by Crippen LogP contribution is -1.97. The first kappa shape index (κ1) is 13.9. The Balaban J connectivity index is 1.97. The Bertz CT molecular complexity index is 588. The van der Waals surface area contributed by atoms with Crippen molar-refractivity contribution in [3.63, 3.8) is 0 Å². The summed E-state index contributed by atoms with van der Waals surface area (Å²) >= 11 is 0. The molecule has 0 unspecified atom stereocenters. The van der Waals surface area contributed by atoms with Gasteiger partial charge in [0.05, 0.1) is 7.11 Å². The van der Waals surface area contributed by atoms with E-state index in [-0.39, 0.29) is 0 Å². The zero-order chi connectivity index (χ0) is 14.2. The smallest absolute Gasteiger partial charge is 0.161 e. The largest absolute Gasteiger partial charge is 0.493 e. The second-order valence-corrected chi connectivity index (χ2v) is 4.15. The molecule has 3 heteroatoms. The number of hydrogen-bond donors (Lipinski definition) is 0. The summed E-state index contributed by atoms with van der Waals surface area (Å²) in [5.41, 5.74) is 1.69. The molecule has 0 N–H and O–H groups in total. The van der Waals surface area contributed by atoms with Crippen LogP contribution in [0, 0.1) is 0 Å². The average Bonchev–Trinajstić information content (AvgIpc) is 2.52. The molecule has 0 aliphatic heterocycles. The van der Waals surface area contributed by atoms with Gasteiger partial charge < -0.3 is 9.47 Å². The van der Waals surface area contributed by atoms with Crippen LogP contribution in [0.5, 0.6) is 11.5 Å². The van der Waals surface area contributed by atoms with E-state index < -0.39 is 0 Å². The Kier molecular flexibility index (Phi) is 4.95. The summed E-state index contributed by atoms with van der Waals surface area (Å²) in [6.45, 7) is 0.436. The fourth-order valence-electron chi connectivity index (χ4n) is 1.76. The number of rotatable bonds is 6. The summed E-state index contributed by atoms with van der Waals surface area (Å²) in [6.07, 6.45) is 4.70. The van der Waals surface area contributed by atoms with Gasteiger partial charge in [0, 0.05) is 5.56 Å². The minimum absolute atomic E-state index is 0.436. The predicted molar refractivity (Wildman–Crippen MR) is 79.4 cm³/mol. The van der Waals surface area contributed by atoms with Crippen LogP contribution in [-0.4, -0.2) is 20.0 Å². The Morgan fingerprint density at radius 3 is 2.50 bits per heavy atom. The molecule has 20 heavy (non-hydrogen) atoms. The van der Waals surface area contributed by atoms with Gasteiger partial charge in [-0.1, -0.05) is 36.4 Å². The monoisotopic (exact) mass is 268 g/mol. The van der Waals surface area contributed by atoms with E-state index in [0.717, 1.165) is 11.8 Å². The molecule has 0 fully saturated rings. The van der Waals surface area contributed by atoms with Crippen LogP contribution in [-0.2, 0) is 0 Å². The van der Waals surface area contributed by atoms with E-state index in [9.17, 15) is 4.79 Å². The van der Waals surface area contributed by atoms with Crippen molar-refractivity contribution >= 4 is 12.4 Å². The molecule has 2 aromatic rings. The Hall–Kier alpha value is -2.55. The van der Waals surface area contributed by atoms with Crippen molar-refractivity contribution in [1.82, 2.24) is 0 Å². The molecule has 0 saturated carbocycles. The highest BCUT2D eigenvalue weighted by molar-refractivity contribution is 5.76. The molecule has 102 valence electrons. The Morgan fingerprint density at radius 1 is 1.00 bits per heavy atom. The third kappa shape index (κ3) is 3.72. The summed E-state index contributed by atoms with van der Waals surface area (Å²) in [5, 5.41) is 0. The van der Waals surface area contributed by atoms with Gasteiger partial charge in [-0.15, -0.1) is 0 Å². The molecule has 0 aromatic heterocycles. The van der Waals surface area contributed by atoms with Crippen molar-refractivity contribution in [1.29, 1.82) is 0 Å². The van der Waals surface area contributed by atoms with E-state index in [2.05, 4.69) is 0 Å². The molecule has 0 bridgehead atoms. The lowest BCUT2D eigenvalue weighted by Gasteiger charge is -2.09. The fraction of sp³-hybridized carbons (Fsp3) is 0.118. The zero-order valence-electron chi connectivity index (χ0n) is 11.3. The zero-order valence-corrected chi connectivity index (χ0v) is 11.3. The maximum Gasteiger partial charge on any atom is 0.161 e. The van der Waals surface area contributed by atoms with Crippen LogP contribution in [0.1, 0.15) is 15.9 Å². The predicted octanol–water partition coefficient (Wildman–Crippen LogP) is 3.60. The van der Waals surface area contributed by atoms with E-state index in [1.165, 1.54) is 0 Å². The van der Waals surface area contributed by atoms with Crippen LogP contribution in [0.2, 0.25) is 0 Å². The summed E-state index contributed by atoms with van der Waals surface area (Å²) < 4.78 is 10.8. The first-order valence-corrected chi connectivity index (χ1v) is 6.31. The molecule has 0 amide bonds. The normalized spacial score (nSPS) is 10.4. The third-order valence-electron chi connectivity index (χ3n) is 2.77. The summed E-state index contributed by atoms with van der Waals surface area (Å²) in [5.74, 6) is 1.18. The summed E-state index contributed by atoms with van der Waals surface area (Å²) in [4.78, 5) is 10.7. The van der Waals surface area contributed by atoms with E-state index in [1.54, 1.807) is 25.3 Å². The molecular formula is C17H16O3. The van der Waals surface area contributed by atoms with Crippen molar-refractivity contribution < 1.29 is 14.3 Å². The lowest BCUT2D eigenvalue weighted by molar-refractivity contribution is 0.112. The van der Waals surface area contributed by atoms with Gasteiger partial charge in [-0.05, 0) is 29.8 Å². The number of benzene rings is 2. The number of carbonyl (C=O) groups is 1. The molecule has 0 heterocycles. The topological polar surface area (TPSA) is 35.5 Å². The second-order valence-electron chi connectivity index (χ2n) is 4.15. The quantitative estimate of drug-likeness (QED) is 0.751. The van der Waals surface area contributed by atoms with Gasteiger partial charge in [0.15, 0.2) is 11.5 Å². The number of aldehydes is 1. The first-order valence-electron chi connectivity index (χ1n) is 6.31. The van der Waals surface area contributed by atoms with Crippen LogP contribution >= 0.6 is 0 Å². The fourth-order valence-corrected chi connectivity index (χ4v) is 1.76. The maximum atomic E-state index is 10.7. The molecule has 0 saturated heterocycles. The standard InChI is InChI=1S/C17H16O3/c1-19-17-12-15(13-18)9-10-16(17)20-11-5-8-14-6-3-2-4-7-14/h2-10,12-13H,11H2,1H3. The molecule has 0 spiro atoms. The average molecular weight is 268 g/mol. The number of ether oxygens (including phenoxy) is 2. The SMILES string of the molecule is COc1cc(C=O)ccc1OCC=Cc1ccccc1. The van der Waals surface area contributed by atoms with Crippen molar-refractivity contribution in [2.24, 2.45) is 0 Å². The van der Waals surface area contributed by atoms with Gasteiger partial charge in [-0.25, -0.2) is 0 Å². The van der Waals surface area contributed by atoms with Crippen molar-refractivity contribution in [3.8, 4) is 11.5 Å². The van der Waals surface area contributed by atoms with Crippen molar-refractivity contribution in [2.45, 2.75) is 0 Å². The van der Waals surface area contributed by atoms with Gasteiger partial charge >= 0.3 is 0 Å². The van der Waals surface area contributed by atoms with Gasteiger partial charge in [-0.2, -0.15) is 0 Å². The van der Waals surface area contributed by atoms with Gasteiger partial charge in [-0.3, -0.25) is 4.79 Å². The van der Waals surface area contributed by atoms with Gasteiger partial charge in [0.25, 0.3) is 0 Å². The molecule has 2 rings (SSSR count). The van der Waals surface area contributed by atoms with Crippen LogP contribution in [0.25, 0.3) is 6.08 Å². The highest BCUT2D eigenvalue weighted by atomic mass is 16.5. The highest BCUT2D eigenvalue weighted by Gasteiger charge is 2.04. The number of hydrogen-bond acceptors (Lipinski definition) is 3. The molecule has 0 atom stereocenters. The number of methoxy groups -OCH3 is 1. The molecule has 2 aromatic carbocycles. The molecule has 0 aliphatic rings. The van der Waals surface area contributed by atoms with E-state index in [4.69, 9.17) is 9.47 Å². The van der Waals surface area contributed by atoms with Crippen LogP contribution < -0.4 is 9.47 Å². The first-order chi connectivity index (χ1) is 9.83. The second kappa shape index (κ2) is 7.14. The lowest BCUT2D eigenvalue weighted by atomic mass is 10.2. The molecule has 0 radical (unpaired) electrons. The Morgan fingerprint density at radius 2 is 1.80 bits per heavy atom. The number of carbonyl (C=O) groups excluding carboxylic acids is 1. The molecular weight excluding hydrogens is 252 g/mol. The minimum atomic E-state index is 0.436. The van der Waals surface area contributed by atoms with E-state index in [0.29, 0.717) is 23.7 Å².